The van der Waals surface area contributed by atoms with Crippen LogP contribution in [0.5, 0.6) is 0 Å². The quantitative estimate of drug-likeness (QED) is 0.667. The summed E-state index contributed by atoms with van der Waals surface area (Å²) >= 11 is 0. The van der Waals surface area contributed by atoms with Crippen LogP contribution in [0.2, 0.25) is 0 Å². The highest BCUT2D eigenvalue weighted by atomic mass is 16.5. The average Bonchev–Trinajstić information content (AvgIpc) is 3.13. The largest absolute Gasteiger partial charge is 0.394 e. The summed E-state index contributed by atoms with van der Waals surface area (Å²) < 4.78 is 9.18. The van der Waals surface area contributed by atoms with Crippen molar-refractivity contribution in [3.8, 4) is 0 Å². The molecule has 1 saturated heterocycles. The smallest absolute Gasteiger partial charge is 0.167 e. The number of fused-ring (bicyclic) bond motifs is 3. The Morgan fingerprint density at radius 1 is 1.25 bits per heavy atom. The Morgan fingerprint density at radius 2 is 2.15 bits per heavy atom. The van der Waals surface area contributed by atoms with Gasteiger partial charge >= 0.3 is 0 Å². The van der Waals surface area contributed by atoms with Crippen molar-refractivity contribution in [2.24, 2.45) is 0 Å². The lowest BCUT2D eigenvalue weighted by Gasteiger charge is -2.13. The predicted molar refractivity (Wildman–Crippen MR) is 67.9 cm³/mol. The molecule has 1 fully saturated rings. The number of aliphatic hydroxyl groups excluding tert-OH is 2. The number of imidazole rings is 2. The Balaban J connectivity index is 1.81. The predicted octanol–water partition coefficient (Wildman–Crippen LogP) is -0.280. The van der Waals surface area contributed by atoms with E-state index in [0.717, 1.165) is 5.65 Å². The Morgan fingerprint density at radius 3 is 2.95 bits per heavy atom. The second-order valence-corrected chi connectivity index (χ2v) is 4.84. The summed E-state index contributed by atoms with van der Waals surface area (Å²) in [7, 11) is 0. The summed E-state index contributed by atoms with van der Waals surface area (Å²) in [5.74, 6) is 0. The van der Waals surface area contributed by atoms with Gasteiger partial charge in [-0.15, -0.1) is 0 Å². The van der Waals surface area contributed by atoms with E-state index in [1.807, 2.05) is 0 Å². The summed E-state index contributed by atoms with van der Waals surface area (Å²) in [5.41, 5.74) is 2.06. The molecule has 0 aromatic carbocycles. The van der Waals surface area contributed by atoms with Crippen LogP contribution in [0.3, 0.4) is 0 Å². The third kappa shape index (κ3) is 1.56. The van der Waals surface area contributed by atoms with E-state index < -0.39 is 12.2 Å². The van der Waals surface area contributed by atoms with Crippen LogP contribution in [0.15, 0.2) is 25.0 Å². The first-order chi connectivity index (χ1) is 9.78. The number of ether oxygens (including phenoxy) is 1. The first-order valence-corrected chi connectivity index (χ1v) is 6.36. The van der Waals surface area contributed by atoms with Gasteiger partial charge in [-0.05, 0) is 0 Å². The molecule has 0 aliphatic carbocycles. The van der Waals surface area contributed by atoms with Crippen LogP contribution in [0.1, 0.15) is 12.6 Å². The molecule has 3 atom stereocenters. The third-order valence-corrected chi connectivity index (χ3v) is 3.65. The maximum absolute atomic E-state index is 9.81. The maximum Gasteiger partial charge on any atom is 0.167 e. The Bertz CT molecular complexity index is 767. The highest BCUT2D eigenvalue weighted by Crippen LogP contribution is 2.30. The number of aliphatic hydroxyl groups is 2. The second-order valence-electron chi connectivity index (χ2n) is 4.84. The molecule has 2 N–H and O–H groups in total. The van der Waals surface area contributed by atoms with Gasteiger partial charge in [0.1, 0.15) is 18.7 Å². The Labute approximate surface area is 113 Å². The van der Waals surface area contributed by atoms with E-state index in [4.69, 9.17) is 9.84 Å². The van der Waals surface area contributed by atoms with Gasteiger partial charge in [-0.1, -0.05) is 0 Å². The lowest BCUT2D eigenvalue weighted by atomic mass is 10.2. The zero-order chi connectivity index (χ0) is 13.7. The summed E-state index contributed by atoms with van der Waals surface area (Å²) in [4.78, 5) is 12.9. The molecule has 0 unspecified atom stereocenters. The first-order valence-electron chi connectivity index (χ1n) is 6.36. The average molecular weight is 275 g/mol. The van der Waals surface area contributed by atoms with Gasteiger partial charge in [0.15, 0.2) is 16.8 Å². The molecule has 8 nitrogen and oxygen atoms in total. The zero-order valence-electron chi connectivity index (χ0n) is 10.5. The minimum absolute atomic E-state index is 0.206. The number of nitrogens with zero attached hydrogens (tertiary/aromatic N) is 5. The molecule has 0 radical (unpaired) electrons. The lowest BCUT2D eigenvalue weighted by molar-refractivity contribution is -0.0432. The van der Waals surface area contributed by atoms with Gasteiger partial charge in [0.2, 0.25) is 0 Å². The zero-order valence-corrected chi connectivity index (χ0v) is 10.5. The number of aromatic nitrogens is 5. The number of hydrogen-bond donors (Lipinski definition) is 2. The van der Waals surface area contributed by atoms with E-state index >= 15 is 0 Å². The van der Waals surface area contributed by atoms with Crippen LogP contribution in [0, 0.1) is 0 Å². The molecule has 0 bridgehead atoms. The van der Waals surface area contributed by atoms with Crippen molar-refractivity contribution in [1.82, 2.24) is 23.9 Å². The molecule has 1 aliphatic rings. The minimum atomic E-state index is -0.683. The van der Waals surface area contributed by atoms with Crippen molar-refractivity contribution >= 4 is 16.8 Å². The monoisotopic (exact) mass is 275 g/mol. The molecule has 3 aromatic heterocycles. The number of rotatable bonds is 2. The van der Waals surface area contributed by atoms with E-state index in [1.165, 1.54) is 0 Å². The molecule has 20 heavy (non-hydrogen) atoms. The van der Waals surface area contributed by atoms with Crippen LogP contribution in [-0.4, -0.2) is 52.9 Å². The van der Waals surface area contributed by atoms with Gasteiger partial charge < -0.3 is 14.9 Å². The standard InChI is InChI=1S/C12H13N5O3/c18-4-8-7(19)3-9(20-8)17-6-14-10-11-13-1-2-16(11)5-15-12(10)17/h1-2,5-9,18-19H,3-4H2/t7-,8-,9+/m0/s1. The van der Waals surface area contributed by atoms with E-state index in [2.05, 4.69) is 15.0 Å². The van der Waals surface area contributed by atoms with Crippen LogP contribution in [0.4, 0.5) is 0 Å². The van der Waals surface area contributed by atoms with Gasteiger partial charge in [-0.3, -0.25) is 8.97 Å². The van der Waals surface area contributed by atoms with Crippen LogP contribution < -0.4 is 0 Å². The van der Waals surface area contributed by atoms with Crippen molar-refractivity contribution < 1.29 is 14.9 Å². The molecule has 104 valence electrons. The molecule has 4 rings (SSSR count). The normalized spacial score (nSPS) is 26.8. The highest BCUT2D eigenvalue weighted by Gasteiger charge is 2.35. The molecule has 4 heterocycles. The van der Waals surface area contributed by atoms with Crippen molar-refractivity contribution in [2.45, 2.75) is 24.9 Å². The van der Waals surface area contributed by atoms with Crippen molar-refractivity contribution in [3.05, 3.63) is 25.0 Å². The van der Waals surface area contributed by atoms with E-state index in [1.54, 1.807) is 34.0 Å². The Hall–Kier alpha value is -2.03. The molecule has 0 amide bonds. The minimum Gasteiger partial charge on any atom is -0.394 e. The van der Waals surface area contributed by atoms with Gasteiger partial charge in [-0.25, -0.2) is 15.0 Å². The molecular formula is C12H13N5O3. The van der Waals surface area contributed by atoms with Gasteiger partial charge in [0.05, 0.1) is 19.0 Å². The van der Waals surface area contributed by atoms with Gasteiger partial charge in [0.25, 0.3) is 0 Å². The van der Waals surface area contributed by atoms with Crippen molar-refractivity contribution in [2.75, 3.05) is 6.61 Å². The number of hydrogen-bond acceptors (Lipinski definition) is 6. The van der Waals surface area contributed by atoms with Crippen LogP contribution >= 0.6 is 0 Å². The van der Waals surface area contributed by atoms with Crippen molar-refractivity contribution in [3.63, 3.8) is 0 Å². The third-order valence-electron chi connectivity index (χ3n) is 3.65. The summed E-state index contributed by atoms with van der Waals surface area (Å²) in [6.07, 6.45) is 5.56. The summed E-state index contributed by atoms with van der Waals surface area (Å²) in [6, 6.07) is 0. The molecule has 3 aromatic rings. The highest BCUT2D eigenvalue weighted by molar-refractivity contribution is 5.85. The molecular weight excluding hydrogens is 262 g/mol. The second kappa shape index (κ2) is 4.23. The molecule has 8 heteroatoms. The van der Waals surface area contributed by atoms with Crippen LogP contribution in [0.25, 0.3) is 16.8 Å². The first kappa shape index (κ1) is 11.8. The van der Waals surface area contributed by atoms with Gasteiger partial charge in [0, 0.05) is 18.8 Å². The van der Waals surface area contributed by atoms with E-state index in [-0.39, 0.29) is 12.8 Å². The van der Waals surface area contributed by atoms with Crippen LogP contribution in [-0.2, 0) is 4.74 Å². The summed E-state index contributed by atoms with van der Waals surface area (Å²) in [6.45, 7) is -0.206. The van der Waals surface area contributed by atoms with Gasteiger partial charge in [-0.2, -0.15) is 0 Å². The molecule has 0 saturated carbocycles. The molecule has 1 aliphatic heterocycles. The lowest BCUT2D eigenvalue weighted by Crippen LogP contribution is -2.24. The fourth-order valence-electron chi connectivity index (χ4n) is 2.61. The van der Waals surface area contributed by atoms with E-state index in [0.29, 0.717) is 17.6 Å². The van der Waals surface area contributed by atoms with Crippen molar-refractivity contribution in [1.29, 1.82) is 0 Å². The van der Waals surface area contributed by atoms with E-state index in [9.17, 15) is 5.11 Å². The Kier molecular flexibility index (Phi) is 2.49. The maximum atomic E-state index is 9.81. The topological polar surface area (TPSA) is 97.7 Å². The summed E-state index contributed by atoms with van der Waals surface area (Å²) in [5, 5.41) is 19.0. The molecule has 0 spiro atoms. The fourth-order valence-corrected chi connectivity index (χ4v) is 2.61. The SMILES string of the molecule is OC[C@@H]1O[C@@H](n2cnc3c2ncn2ccnc32)C[C@@H]1O. The fraction of sp³-hybridized carbons (Fsp3) is 0.417.